The van der Waals surface area contributed by atoms with Gasteiger partial charge in [0.2, 0.25) is 5.78 Å². The summed E-state index contributed by atoms with van der Waals surface area (Å²) in [6.45, 7) is 5.87. The molecule has 78 valence electrons. The molecule has 1 rings (SSSR count). The van der Waals surface area contributed by atoms with Crippen LogP contribution in [-0.4, -0.2) is 18.5 Å². The van der Waals surface area contributed by atoms with Crippen LogP contribution >= 0.6 is 0 Å². The van der Waals surface area contributed by atoms with E-state index in [0.29, 0.717) is 5.76 Å². The normalized spacial score (nSPS) is 10.9. The molecule has 0 saturated heterocycles. The fraction of sp³-hybridized carbons (Fsp3) is 0.545. The van der Waals surface area contributed by atoms with Crippen LogP contribution in [0.3, 0.4) is 0 Å². The molecule has 0 aliphatic heterocycles. The Hall–Kier alpha value is -1.09. The number of rotatable bonds is 5. The third kappa shape index (κ3) is 3.00. The van der Waals surface area contributed by atoms with Crippen LogP contribution in [0.25, 0.3) is 0 Å². The summed E-state index contributed by atoms with van der Waals surface area (Å²) in [5.74, 6) is 1.12. The standard InChI is InChI=1S/C11H16O3/c1-4-9-5-6-11(14-9)10(12)7-13-8(2)3/h5-6,8H,4,7H2,1-3H3. The van der Waals surface area contributed by atoms with Gasteiger partial charge in [0, 0.05) is 6.42 Å². The first-order valence-electron chi connectivity index (χ1n) is 4.87. The Morgan fingerprint density at radius 3 is 2.71 bits per heavy atom. The van der Waals surface area contributed by atoms with Gasteiger partial charge >= 0.3 is 0 Å². The van der Waals surface area contributed by atoms with Crippen LogP contribution in [0.1, 0.15) is 37.1 Å². The quantitative estimate of drug-likeness (QED) is 0.679. The van der Waals surface area contributed by atoms with Crippen molar-refractivity contribution in [2.75, 3.05) is 6.61 Å². The lowest BCUT2D eigenvalue weighted by molar-refractivity contribution is 0.0561. The molecule has 1 aromatic rings. The zero-order chi connectivity index (χ0) is 10.6. The van der Waals surface area contributed by atoms with E-state index in [1.54, 1.807) is 6.07 Å². The summed E-state index contributed by atoms with van der Waals surface area (Å²) >= 11 is 0. The van der Waals surface area contributed by atoms with E-state index < -0.39 is 0 Å². The first-order chi connectivity index (χ1) is 6.63. The highest BCUT2D eigenvalue weighted by atomic mass is 16.5. The molecule has 0 saturated carbocycles. The molecule has 1 heterocycles. The minimum absolute atomic E-state index is 0.0690. The van der Waals surface area contributed by atoms with Crippen LogP contribution in [0.5, 0.6) is 0 Å². The van der Waals surface area contributed by atoms with Crippen molar-refractivity contribution in [1.29, 1.82) is 0 Å². The number of Topliss-reactive ketones (excluding diaryl/α,β-unsaturated/α-hetero) is 1. The molecule has 0 fully saturated rings. The summed E-state index contributed by atoms with van der Waals surface area (Å²) < 4.78 is 10.5. The van der Waals surface area contributed by atoms with Gasteiger partial charge in [-0.3, -0.25) is 4.79 Å². The molecule has 0 unspecified atom stereocenters. The van der Waals surface area contributed by atoms with Gasteiger partial charge in [0.15, 0.2) is 5.76 Å². The lowest BCUT2D eigenvalue weighted by Gasteiger charge is -2.04. The number of ether oxygens (including phenoxy) is 1. The highest BCUT2D eigenvalue weighted by Gasteiger charge is 2.11. The lowest BCUT2D eigenvalue weighted by Crippen LogP contribution is -2.12. The van der Waals surface area contributed by atoms with E-state index >= 15 is 0 Å². The number of furan rings is 1. The van der Waals surface area contributed by atoms with Crippen LogP contribution in [0.2, 0.25) is 0 Å². The summed E-state index contributed by atoms with van der Waals surface area (Å²) in [6, 6.07) is 3.52. The van der Waals surface area contributed by atoms with E-state index in [1.165, 1.54) is 0 Å². The number of hydrogen-bond acceptors (Lipinski definition) is 3. The maximum atomic E-state index is 11.5. The summed E-state index contributed by atoms with van der Waals surface area (Å²) in [7, 11) is 0. The molecule has 0 aromatic carbocycles. The predicted molar refractivity (Wildman–Crippen MR) is 53.5 cm³/mol. The Morgan fingerprint density at radius 2 is 2.21 bits per heavy atom. The van der Waals surface area contributed by atoms with E-state index in [9.17, 15) is 4.79 Å². The van der Waals surface area contributed by atoms with Gasteiger partial charge in [-0.15, -0.1) is 0 Å². The minimum atomic E-state index is -0.0987. The van der Waals surface area contributed by atoms with E-state index in [2.05, 4.69) is 0 Å². The van der Waals surface area contributed by atoms with Crippen molar-refractivity contribution in [1.82, 2.24) is 0 Å². The van der Waals surface area contributed by atoms with Gasteiger partial charge < -0.3 is 9.15 Å². The predicted octanol–water partition coefficient (Wildman–Crippen LogP) is 2.45. The molecule has 0 spiro atoms. The molecular weight excluding hydrogens is 180 g/mol. The van der Waals surface area contributed by atoms with E-state index in [1.807, 2.05) is 26.8 Å². The monoisotopic (exact) mass is 196 g/mol. The molecule has 0 radical (unpaired) electrons. The van der Waals surface area contributed by atoms with Crippen LogP contribution in [0.15, 0.2) is 16.5 Å². The van der Waals surface area contributed by atoms with Gasteiger partial charge in [-0.2, -0.15) is 0 Å². The van der Waals surface area contributed by atoms with Gasteiger partial charge in [0.1, 0.15) is 12.4 Å². The van der Waals surface area contributed by atoms with Crippen LogP contribution in [0, 0.1) is 0 Å². The maximum absolute atomic E-state index is 11.5. The highest BCUT2D eigenvalue weighted by Crippen LogP contribution is 2.09. The molecular formula is C11H16O3. The molecule has 14 heavy (non-hydrogen) atoms. The molecule has 3 nitrogen and oxygen atoms in total. The second-order valence-corrected chi connectivity index (χ2v) is 3.40. The number of carbonyl (C=O) groups is 1. The largest absolute Gasteiger partial charge is 0.458 e. The third-order valence-electron chi connectivity index (χ3n) is 1.83. The van der Waals surface area contributed by atoms with Crippen molar-refractivity contribution in [2.45, 2.75) is 33.3 Å². The van der Waals surface area contributed by atoms with E-state index in [4.69, 9.17) is 9.15 Å². The third-order valence-corrected chi connectivity index (χ3v) is 1.83. The first-order valence-corrected chi connectivity index (χ1v) is 4.87. The van der Waals surface area contributed by atoms with E-state index in [-0.39, 0.29) is 18.5 Å². The van der Waals surface area contributed by atoms with Gasteiger partial charge in [-0.1, -0.05) is 6.92 Å². The molecule has 0 N–H and O–H groups in total. The lowest BCUT2D eigenvalue weighted by atomic mass is 10.3. The topological polar surface area (TPSA) is 39.4 Å². The summed E-state index contributed by atoms with van der Waals surface area (Å²) in [4.78, 5) is 11.5. The van der Waals surface area contributed by atoms with Gasteiger partial charge in [0.25, 0.3) is 0 Å². The SMILES string of the molecule is CCc1ccc(C(=O)COC(C)C)o1. The molecule has 0 atom stereocenters. The molecule has 0 bridgehead atoms. The Bertz CT molecular complexity index is 299. The molecule has 3 heteroatoms. The Balaban J connectivity index is 2.52. The van der Waals surface area contributed by atoms with Gasteiger partial charge in [-0.25, -0.2) is 0 Å². The smallest absolute Gasteiger partial charge is 0.223 e. The highest BCUT2D eigenvalue weighted by molar-refractivity contribution is 5.94. The first kappa shape index (κ1) is 11.0. The summed E-state index contributed by atoms with van der Waals surface area (Å²) in [5.41, 5.74) is 0. The Kier molecular flexibility index (Phi) is 3.89. The minimum Gasteiger partial charge on any atom is -0.458 e. The zero-order valence-electron chi connectivity index (χ0n) is 8.87. The van der Waals surface area contributed by atoms with Crippen molar-refractivity contribution >= 4 is 5.78 Å². The second-order valence-electron chi connectivity index (χ2n) is 3.40. The van der Waals surface area contributed by atoms with E-state index in [0.717, 1.165) is 12.2 Å². The maximum Gasteiger partial charge on any atom is 0.223 e. The second kappa shape index (κ2) is 4.96. The fourth-order valence-electron chi connectivity index (χ4n) is 1.03. The van der Waals surface area contributed by atoms with Crippen LogP contribution < -0.4 is 0 Å². The van der Waals surface area contributed by atoms with Crippen LogP contribution in [-0.2, 0) is 11.2 Å². The molecule has 0 amide bonds. The fourth-order valence-corrected chi connectivity index (χ4v) is 1.03. The summed E-state index contributed by atoms with van der Waals surface area (Å²) in [5, 5.41) is 0. The number of carbonyl (C=O) groups excluding carboxylic acids is 1. The van der Waals surface area contributed by atoms with Crippen molar-refractivity contribution in [3.8, 4) is 0 Å². The van der Waals surface area contributed by atoms with Gasteiger partial charge in [-0.05, 0) is 26.0 Å². The van der Waals surface area contributed by atoms with Crippen LogP contribution in [0.4, 0.5) is 0 Å². The average molecular weight is 196 g/mol. The molecule has 0 aliphatic rings. The average Bonchev–Trinajstić information content (AvgIpc) is 2.62. The van der Waals surface area contributed by atoms with Crippen molar-refractivity contribution in [3.05, 3.63) is 23.7 Å². The van der Waals surface area contributed by atoms with Gasteiger partial charge in [0.05, 0.1) is 6.10 Å². The Labute approximate surface area is 84.1 Å². The zero-order valence-corrected chi connectivity index (χ0v) is 8.87. The van der Waals surface area contributed by atoms with Crippen molar-refractivity contribution < 1.29 is 13.9 Å². The van der Waals surface area contributed by atoms with Crippen molar-refractivity contribution in [2.24, 2.45) is 0 Å². The summed E-state index contributed by atoms with van der Waals surface area (Å²) in [6.07, 6.45) is 0.873. The Morgan fingerprint density at radius 1 is 1.50 bits per heavy atom. The number of ketones is 1. The number of aryl methyl sites for hydroxylation is 1. The number of hydrogen-bond donors (Lipinski definition) is 0. The van der Waals surface area contributed by atoms with Crippen molar-refractivity contribution in [3.63, 3.8) is 0 Å². The molecule has 1 aromatic heterocycles. The molecule has 0 aliphatic carbocycles.